The average Bonchev–Trinajstić information content (AvgIpc) is 2.70. The Labute approximate surface area is 158 Å². The smallest absolute Gasteiger partial charge is 0.183 e. The fourth-order valence-electron chi connectivity index (χ4n) is 3.57. The Hall–Kier alpha value is -1.64. The van der Waals surface area contributed by atoms with Crippen LogP contribution in [-0.4, -0.2) is 13.2 Å². The molecular formula is C24H32O2. The van der Waals surface area contributed by atoms with Crippen LogP contribution in [0.25, 0.3) is 11.1 Å². The van der Waals surface area contributed by atoms with Crippen LogP contribution in [0.5, 0.6) is 0 Å². The predicted octanol–water partition coefficient (Wildman–Crippen LogP) is 6.55. The highest BCUT2D eigenvalue weighted by Gasteiger charge is 2.23. The van der Waals surface area contributed by atoms with E-state index in [4.69, 9.17) is 9.47 Å². The van der Waals surface area contributed by atoms with Crippen LogP contribution in [0.15, 0.2) is 48.5 Å². The van der Waals surface area contributed by atoms with Crippen LogP contribution in [0.2, 0.25) is 0 Å². The SMILES string of the molecule is CCCCCC1COC(c2ccc(-c3ccc(CCC)cc3)cc2)OC1. The molecule has 1 fully saturated rings. The normalized spacial score (nSPS) is 20.2. The molecular weight excluding hydrogens is 320 g/mol. The lowest BCUT2D eigenvalue weighted by Crippen LogP contribution is -2.27. The Morgan fingerprint density at radius 3 is 1.96 bits per heavy atom. The second kappa shape index (κ2) is 9.89. The van der Waals surface area contributed by atoms with Crippen molar-refractivity contribution in [3.63, 3.8) is 0 Å². The van der Waals surface area contributed by atoms with Crippen LogP contribution >= 0.6 is 0 Å². The van der Waals surface area contributed by atoms with Crippen molar-refractivity contribution in [2.45, 2.75) is 58.7 Å². The van der Waals surface area contributed by atoms with E-state index in [-0.39, 0.29) is 6.29 Å². The van der Waals surface area contributed by atoms with Crippen LogP contribution in [0.3, 0.4) is 0 Å². The van der Waals surface area contributed by atoms with E-state index >= 15 is 0 Å². The molecule has 0 aliphatic carbocycles. The Balaban J connectivity index is 1.55. The Kier molecular flexibility index (Phi) is 7.28. The first kappa shape index (κ1) is 19.1. The number of benzene rings is 2. The van der Waals surface area contributed by atoms with Gasteiger partial charge in [0.05, 0.1) is 13.2 Å². The van der Waals surface area contributed by atoms with E-state index in [1.807, 2.05) is 0 Å². The maximum absolute atomic E-state index is 5.97. The monoisotopic (exact) mass is 352 g/mol. The first-order chi connectivity index (χ1) is 12.8. The Morgan fingerprint density at radius 2 is 1.38 bits per heavy atom. The molecule has 0 bridgehead atoms. The van der Waals surface area contributed by atoms with Crippen molar-refractivity contribution in [1.29, 1.82) is 0 Å². The third kappa shape index (κ3) is 5.18. The summed E-state index contributed by atoms with van der Waals surface area (Å²) in [6.07, 6.45) is 7.20. The molecule has 0 radical (unpaired) electrons. The van der Waals surface area contributed by atoms with Crippen LogP contribution < -0.4 is 0 Å². The molecule has 2 aromatic carbocycles. The van der Waals surface area contributed by atoms with Gasteiger partial charge in [0.2, 0.25) is 0 Å². The van der Waals surface area contributed by atoms with Gasteiger partial charge in [-0.2, -0.15) is 0 Å². The van der Waals surface area contributed by atoms with Crippen molar-refractivity contribution >= 4 is 0 Å². The summed E-state index contributed by atoms with van der Waals surface area (Å²) in [7, 11) is 0. The first-order valence-electron chi connectivity index (χ1n) is 10.2. The molecule has 140 valence electrons. The predicted molar refractivity (Wildman–Crippen MR) is 108 cm³/mol. The first-order valence-corrected chi connectivity index (χ1v) is 10.2. The van der Waals surface area contributed by atoms with E-state index in [2.05, 4.69) is 62.4 Å². The molecule has 2 nitrogen and oxygen atoms in total. The van der Waals surface area contributed by atoms with Crippen molar-refractivity contribution in [2.24, 2.45) is 5.92 Å². The number of aryl methyl sites for hydroxylation is 1. The molecule has 0 unspecified atom stereocenters. The topological polar surface area (TPSA) is 18.5 Å². The quantitative estimate of drug-likeness (QED) is 0.502. The number of unbranched alkanes of at least 4 members (excludes halogenated alkanes) is 2. The van der Waals surface area contributed by atoms with Gasteiger partial charge in [-0.25, -0.2) is 0 Å². The van der Waals surface area contributed by atoms with Crippen molar-refractivity contribution in [3.05, 3.63) is 59.7 Å². The van der Waals surface area contributed by atoms with Crippen molar-refractivity contribution in [2.75, 3.05) is 13.2 Å². The van der Waals surface area contributed by atoms with Gasteiger partial charge in [0.25, 0.3) is 0 Å². The zero-order chi connectivity index (χ0) is 18.2. The minimum Gasteiger partial charge on any atom is -0.348 e. The van der Waals surface area contributed by atoms with Gasteiger partial charge in [0.15, 0.2) is 6.29 Å². The largest absolute Gasteiger partial charge is 0.348 e. The lowest BCUT2D eigenvalue weighted by atomic mass is 10.0. The van der Waals surface area contributed by atoms with Crippen LogP contribution in [0.1, 0.15) is 63.4 Å². The highest BCUT2D eigenvalue weighted by Crippen LogP contribution is 2.29. The maximum atomic E-state index is 5.97. The van der Waals surface area contributed by atoms with E-state index in [9.17, 15) is 0 Å². The number of hydrogen-bond donors (Lipinski definition) is 0. The second-order valence-electron chi connectivity index (χ2n) is 7.43. The third-order valence-corrected chi connectivity index (χ3v) is 5.19. The summed E-state index contributed by atoms with van der Waals surface area (Å²) in [5, 5.41) is 0. The Morgan fingerprint density at radius 1 is 0.769 bits per heavy atom. The van der Waals surface area contributed by atoms with Crippen LogP contribution in [-0.2, 0) is 15.9 Å². The molecule has 2 aromatic rings. The lowest BCUT2D eigenvalue weighted by molar-refractivity contribution is -0.206. The van der Waals surface area contributed by atoms with E-state index in [1.54, 1.807) is 0 Å². The highest BCUT2D eigenvalue weighted by atomic mass is 16.7. The molecule has 1 heterocycles. The van der Waals surface area contributed by atoms with E-state index < -0.39 is 0 Å². The maximum Gasteiger partial charge on any atom is 0.183 e. The molecule has 3 rings (SSSR count). The molecule has 0 saturated carbocycles. The highest BCUT2D eigenvalue weighted by molar-refractivity contribution is 5.64. The van der Waals surface area contributed by atoms with Crippen molar-refractivity contribution in [1.82, 2.24) is 0 Å². The Bertz CT molecular complexity index is 637. The molecule has 2 heteroatoms. The lowest BCUT2D eigenvalue weighted by Gasteiger charge is -2.29. The summed E-state index contributed by atoms with van der Waals surface area (Å²) in [6, 6.07) is 17.5. The molecule has 26 heavy (non-hydrogen) atoms. The second-order valence-corrected chi connectivity index (χ2v) is 7.43. The molecule has 0 spiro atoms. The van der Waals surface area contributed by atoms with Gasteiger partial charge in [-0.3, -0.25) is 0 Å². The van der Waals surface area contributed by atoms with Crippen molar-refractivity contribution < 1.29 is 9.47 Å². The van der Waals surface area contributed by atoms with Gasteiger partial charge >= 0.3 is 0 Å². The summed E-state index contributed by atoms with van der Waals surface area (Å²) in [5.41, 5.74) is 5.02. The zero-order valence-corrected chi connectivity index (χ0v) is 16.2. The molecule has 0 aromatic heterocycles. The third-order valence-electron chi connectivity index (χ3n) is 5.19. The number of ether oxygens (including phenoxy) is 2. The van der Waals surface area contributed by atoms with Crippen LogP contribution in [0, 0.1) is 5.92 Å². The van der Waals surface area contributed by atoms with Gasteiger partial charge < -0.3 is 9.47 Å². The summed E-state index contributed by atoms with van der Waals surface area (Å²) in [4.78, 5) is 0. The van der Waals surface area contributed by atoms with Gasteiger partial charge in [0, 0.05) is 11.5 Å². The fraction of sp³-hybridized carbons (Fsp3) is 0.500. The minimum absolute atomic E-state index is 0.210. The standard InChI is InChI=1S/C24H32O2/c1-3-5-6-8-20-17-25-24(26-18-20)23-15-13-22(14-16-23)21-11-9-19(7-4-2)10-12-21/h9-16,20,24H,3-8,17-18H2,1-2H3. The summed E-state index contributed by atoms with van der Waals surface area (Å²) in [6.45, 7) is 6.09. The molecule has 1 aliphatic rings. The van der Waals surface area contributed by atoms with E-state index in [1.165, 1.54) is 48.8 Å². The molecule has 0 N–H and O–H groups in total. The molecule has 1 aliphatic heterocycles. The van der Waals surface area contributed by atoms with Crippen molar-refractivity contribution in [3.8, 4) is 11.1 Å². The van der Waals surface area contributed by atoms with E-state index in [0.29, 0.717) is 5.92 Å². The van der Waals surface area contributed by atoms with Gasteiger partial charge in [0.1, 0.15) is 0 Å². The average molecular weight is 353 g/mol. The number of rotatable bonds is 8. The van der Waals surface area contributed by atoms with E-state index in [0.717, 1.165) is 25.2 Å². The number of hydrogen-bond acceptors (Lipinski definition) is 2. The zero-order valence-electron chi connectivity index (χ0n) is 16.2. The summed E-state index contributed by atoms with van der Waals surface area (Å²) >= 11 is 0. The van der Waals surface area contributed by atoms with Gasteiger partial charge in [-0.05, 0) is 29.5 Å². The molecule has 0 amide bonds. The summed E-state index contributed by atoms with van der Waals surface area (Å²) < 4.78 is 11.9. The van der Waals surface area contributed by atoms with Crippen LogP contribution in [0.4, 0.5) is 0 Å². The summed E-state index contributed by atoms with van der Waals surface area (Å²) in [5.74, 6) is 0.554. The van der Waals surface area contributed by atoms with Gasteiger partial charge in [-0.15, -0.1) is 0 Å². The molecule has 1 saturated heterocycles. The van der Waals surface area contributed by atoms with Gasteiger partial charge in [-0.1, -0.05) is 88.1 Å². The minimum atomic E-state index is -0.210. The fourth-order valence-corrected chi connectivity index (χ4v) is 3.57. The molecule has 0 atom stereocenters.